The van der Waals surface area contributed by atoms with Crippen molar-refractivity contribution in [2.24, 2.45) is 5.92 Å². The highest BCUT2D eigenvalue weighted by Crippen LogP contribution is 2.26. The number of nitrogens with one attached hydrogen (secondary N) is 1. The van der Waals surface area contributed by atoms with Gasteiger partial charge in [0.15, 0.2) is 0 Å². The average Bonchev–Trinajstić information content (AvgIpc) is 2.46. The zero-order valence-electron chi connectivity index (χ0n) is 12.2. The van der Waals surface area contributed by atoms with Crippen LogP contribution in [0.5, 0.6) is 0 Å². The van der Waals surface area contributed by atoms with Gasteiger partial charge in [-0.05, 0) is 30.5 Å². The van der Waals surface area contributed by atoms with Crippen molar-refractivity contribution in [3.8, 4) is 0 Å². The molecule has 4 heteroatoms. The Morgan fingerprint density at radius 2 is 2.37 bits per heavy atom. The standard InChI is InChI=1S/C15H25N3O/c1-4-16-9-13-5-7-17-10-14(13)18-8-6-12(2)15(11-18)19-3/h5,7,10,12,15-16H,4,6,8-9,11H2,1-3H3. The van der Waals surface area contributed by atoms with Crippen LogP contribution in [0.4, 0.5) is 5.69 Å². The molecule has 0 saturated carbocycles. The Morgan fingerprint density at radius 3 is 3.11 bits per heavy atom. The molecule has 0 radical (unpaired) electrons. The maximum absolute atomic E-state index is 5.60. The van der Waals surface area contributed by atoms with Crippen molar-refractivity contribution in [2.45, 2.75) is 32.9 Å². The van der Waals surface area contributed by atoms with Gasteiger partial charge in [-0.3, -0.25) is 4.98 Å². The molecule has 0 aromatic carbocycles. The van der Waals surface area contributed by atoms with Gasteiger partial charge in [-0.15, -0.1) is 0 Å². The monoisotopic (exact) mass is 263 g/mol. The number of hydrogen-bond donors (Lipinski definition) is 1. The highest BCUT2D eigenvalue weighted by molar-refractivity contribution is 5.52. The smallest absolute Gasteiger partial charge is 0.0772 e. The minimum atomic E-state index is 0.320. The number of piperidine rings is 1. The molecule has 19 heavy (non-hydrogen) atoms. The lowest BCUT2D eigenvalue weighted by Crippen LogP contribution is -2.44. The van der Waals surface area contributed by atoms with Crippen LogP contribution in [0.1, 0.15) is 25.8 Å². The van der Waals surface area contributed by atoms with Crippen molar-refractivity contribution >= 4 is 5.69 Å². The SMILES string of the molecule is CCNCc1ccncc1N1CCC(C)C(OC)C1. The largest absolute Gasteiger partial charge is 0.379 e. The predicted molar refractivity (Wildman–Crippen MR) is 78.4 cm³/mol. The molecule has 2 unspecified atom stereocenters. The summed E-state index contributed by atoms with van der Waals surface area (Å²) >= 11 is 0. The number of methoxy groups -OCH3 is 1. The lowest BCUT2D eigenvalue weighted by molar-refractivity contribution is 0.0498. The summed E-state index contributed by atoms with van der Waals surface area (Å²) in [6.45, 7) is 8.34. The average molecular weight is 263 g/mol. The summed E-state index contributed by atoms with van der Waals surface area (Å²) in [5, 5.41) is 3.39. The molecule has 1 saturated heterocycles. The van der Waals surface area contributed by atoms with Gasteiger partial charge in [-0.25, -0.2) is 0 Å². The van der Waals surface area contributed by atoms with Crippen LogP contribution in [-0.4, -0.2) is 37.8 Å². The van der Waals surface area contributed by atoms with E-state index in [1.54, 1.807) is 0 Å². The molecule has 1 aromatic heterocycles. The van der Waals surface area contributed by atoms with Gasteiger partial charge in [-0.2, -0.15) is 0 Å². The summed E-state index contributed by atoms with van der Waals surface area (Å²) in [6.07, 6.45) is 5.35. The third-order valence-corrected chi connectivity index (χ3v) is 3.99. The third kappa shape index (κ3) is 3.45. The highest BCUT2D eigenvalue weighted by atomic mass is 16.5. The van der Waals surface area contributed by atoms with Crippen LogP contribution in [0.3, 0.4) is 0 Å². The summed E-state index contributed by atoms with van der Waals surface area (Å²) < 4.78 is 5.60. The molecule has 1 aliphatic rings. The van der Waals surface area contributed by atoms with Crippen LogP contribution in [0.15, 0.2) is 18.5 Å². The van der Waals surface area contributed by atoms with Crippen molar-refractivity contribution in [2.75, 3.05) is 31.6 Å². The second-order valence-corrected chi connectivity index (χ2v) is 5.27. The van der Waals surface area contributed by atoms with Crippen molar-refractivity contribution in [3.63, 3.8) is 0 Å². The maximum atomic E-state index is 5.60. The first kappa shape index (κ1) is 14.3. The van der Waals surface area contributed by atoms with Gasteiger partial charge in [0.05, 0.1) is 18.0 Å². The Kier molecular flexibility index (Phi) is 5.16. The van der Waals surface area contributed by atoms with E-state index in [4.69, 9.17) is 4.74 Å². The summed E-state index contributed by atoms with van der Waals surface area (Å²) in [6, 6.07) is 2.11. The Labute approximate surface area is 116 Å². The fraction of sp³-hybridized carbons (Fsp3) is 0.667. The summed E-state index contributed by atoms with van der Waals surface area (Å²) in [5.74, 6) is 0.634. The zero-order valence-corrected chi connectivity index (χ0v) is 12.2. The van der Waals surface area contributed by atoms with Crippen molar-refractivity contribution < 1.29 is 4.74 Å². The van der Waals surface area contributed by atoms with E-state index in [-0.39, 0.29) is 0 Å². The number of hydrogen-bond acceptors (Lipinski definition) is 4. The van der Waals surface area contributed by atoms with E-state index < -0.39 is 0 Å². The van der Waals surface area contributed by atoms with E-state index in [1.165, 1.54) is 17.7 Å². The lowest BCUT2D eigenvalue weighted by Gasteiger charge is -2.38. The highest BCUT2D eigenvalue weighted by Gasteiger charge is 2.27. The second kappa shape index (κ2) is 6.87. The first-order valence-corrected chi connectivity index (χ1v) is 7.17. The van der Waals surface area contributed by atoms with E-state index in [0.29, 0.717) is 12.0 Å². The molecule has 106 valence electrons. The first-order chi connectivity index (χ1) is 9.26. The maximum Gasteiger partial charge on any atom is 0.0772 e. The Balaban J connectivity index is 2.12. The third-order valence-electron chi connectivity index (χ3n) is 3.99. The normalized spacial score (nSPS) is 23.6. The van der Waals surface area contributed by atoms with Crippen LogP contribution < -0.4 is 10.2 Å². The second-order valence-electron chi connectivity index (χ2n) is 5.27. The number of pyridine rings is 1. The van der Waals surface area contributed by atoms with E-state index >= 15 is 0 Å². The van der Waals surface area contributed by atoms with Gasteiger partial charge in [0, 0.05) is 32.9 Å². The van der Waals surface area contributed by atoms with Gasteiger partial charge in [0.2, 0.25) is 0 Å². The van der Waals surface area contributed by atoms with Crippen molar-refractivity contribution in [1.29, 1.82) is 0 Å². The fourth-order valence-electron chi connectivity index (χ4n) is 2.67. The fourth-order valence-corrected chi connectivity index (χ4v) is 2.67. The van der Waals surface area contributed by atoms with Crippen molar-refractivity contribution in [3.05, 3.63) is 24.0 Å². The molecule has 1 fully saturated rings. The first-order valence-electron chi connectivity index (χ1n) is 7.17. The van der Waals surface area contributed by atoms with E-state index in [9.17, 15) is 0 Å². The number of aromatic nitrogens is 1. The number of rotatable bonds is 5. The molecule has 2 rings (SSSR count). The van der Waals surface area contributed by atoms with Crippen LogP contribution in [-0.2, 0) is 11.3 Å². The number of ether oxygens (including phenoxy) is 1. The molecule has 0 amide bonds. The molecule has 2 atom stereocenters. The van der Waals surface area contributed by atoms with Gasteiger partial charge >= 0.3 is 0 Å². The van der Waals surface area contributed by atoms with E-state index in [1.807, 2.05) is 19.5 Å². The van der Waals surface area contributed by atoms with Crippen LogP contribution in [0.2, 0.25) is 0 Å². The lowest BCUT2D eigenvalue weighted by atomic mass is 9.95. The molecule has 1 N–H and O–H groups in total. The van der Waals surface area contributed by atoms with Crippen LogP contribution in [0, 0.1) is 5.92 Å². The summed E-state index contributed by atoms with van der Waals surface area (Å²) in [5.41, 5.74) is 2.57. The quantitative estimate of drug-likeness (QED) is 0.882. The molecule has 0 bridgehead atoms. The molecule has 1 aromatic rings. The molecular formula is C15H25N3O. The molecule has 1 aliphatic heterocycles. The predicted octanol–water partition coefficient (Wildman–Crippen LogP) is 2.05. The molecule has 4 nitrogen and oxygen atoms in total. The minimum absolute atomic E-state index is 0.320. The van der Waals surface area contributed by atoms with Gasteiger partial charge in [0.1, 0.15) is 0 Å². The Bertz CT molecular complexity index is 397. The number of anilines is 1. The van der Waals surface area contributed by atoms with E-state index in [0.717, 1.165) is 26.2 Å². The summed E-state index contributed by atoms with van der Waals surface area (Å²) in [7, 11) is 1.81. The van der Waals surface area contributed by atoms with Crippen molar-refractivity contribution in [1.82, 2.24) is 10.3 Å². The van der Waals surface area contributed by atoms with Crippen LogP contribution in [0.25, 0.3) is 0 Å². The van der Waals surface area contributed by atoms with Crippen LogP contribution >= 0.6 is 0 Å². The molecule has 0 spiro atoms. The minimum Gasteiger partial charge on any atom is -0.379 e. The van der Waals surface area contributed by atoms with Gasteiger partial charge < -0.3 is 15.0 Å². The molecular weight excluding hydrogens is 238 g/mol. The van der Waals surface area contributed by atoms with E-state index in [2.05, 4.69) is 35.1 Å². The Hall–Kier alpha value is -1.13. The molecule has 2 heterocycles. The van der Waals surface area contributed by atoms with Gasteiger partial charge in [-0.1, -0.05) is 13.8 Å². The topological polar surface area (TPSA) is 37.4 Å². The van der Waals surface area contributed by atoms with Gasteiger partial charge in [0.25, 0.3) is 0 Å². The number of nitrogens with zero attached hydrogens (tertiary/aromatic N) is 2. The zero-order chi connectivity index (χ0) is 13.7. The molecule has 0 aliphatic carbocycles. The summed E-state index contributed by atoms with van der Waals surface area (Å²) in [4.78, 5) is 6.70. The Morgan fingerprint density at radius 1 is 1.53 bits per heavy atom.